The van der Waals surface area contributed by atoms with Gasteiger partial charge in [0.2, 0.25) is 0 Å². The van der Waals surface area contributed by atoms with Gasteiger partial charge in [0.1, 0.15) is 6.04 Å². The van der Waals surface area contributed by atoms with E-state index in [9.17, 15) is 4.79 Å². The molecule has 3 N–H and O–H groups in total. The molecular formula is C14H18N2O2S. The van der Waals surface area contributed by atoms with Crippen LogP contribution >= 0.6 is 11.8 Å². The van der Waals surface area contributed by atoms with Gasteiger partial charge in [-0.15, -0.1) is 11.8 Å². The van der Waals surface area contributed by atoms with Gasteiger partial charge < -0.3 is 15.4 Å². The normalized spacial score (nSPS) is 12.8. The Labute approximate surface area is 116 Å². The van der Waals surface area contributed by atoms with Gasteiger partial charge in [0.05, 0.1) is 0 Å². The van der Waals surface area contributed by atoms with E-state index in [2.05, 4.69) is 22.8 Å². The predicted octanol–water partition coefficient (Wildman–Crippen LogP) is 2.16. The number of aryl methyl sites for hydroxylation is 1. The Hall–Kier alpha value is -1.46. The first-order valence-corrected chi connectivity index (χ1v) is 7.28. The van der Waals surface area contributed by atoms with Crippen molar-refractivity contribution in [2.75, 3.05) is 6.26 Å². The van der Waals surface area contributed by atoms with Crippen molar-refractivity contribution < 1.29 is 9.90 Å². The third kappa shape index (κ3) is 2.48. The van der Waals surface area contributed by atoms with E-state index in [0.29, 0.717) is 6.42 Å². The van der Waals surface area contributed by atoms with E-state index in [1.54, 1.807) is 11.8 Å². The van der Waals surface area contributed by atoms with E-state index in [1.165, 1.54) is 4.90 Å². The van der Waals surface area contributed by atoms with E-state index in [4.69, 9.17) is 10.8 Å². The largest absolute Gasteiger partial charge is 0.480 e. The second kappa shape index (κ2) is 5.27. The maximum Gasteiger partial charge on any atom is 0.320 e. The highest BCUT2D eigenvalue weighted by Gasteiger charge is 2.18. The number of fused-ring (bicyclic) bond motifs is 1. The Morgan fingerprint density at radius 1 is 1.53 bits per heavy atom. The molecule has 5 heteroatoms. The van der Waals surface area contributed by atoms with Gasteiger partial charge >= 0.3 is 5.97 Å². The van der Waals surface area contributed by atoms with Crippen molar-refractivity contribution in [1.29, 1.82) is 0 Å². The molecule has 2 aromatic rings. The van der Waals surface area contributed by atoms with Crippen LogP contribution in [0.1, 0.15) is 11.3 Å². The summed E-state index contributed by atoms with van der Waals surface area (Å²) in [6, 6.07) is 5.38. The predicted molar refractivity (Wildman–Crippen MR) is 78.8 cm³/mol. The Morgan fingerprint density at radius 3 is 2.79 bits per heavy atom. The molecule has 1 atom stereocenters. The van der Waals surface area contributed by atoms with E-state index in [0.717, 1.165) is 22.2 Å². The van der Waals surface area contributed by atoms with Gasteiger partial charge in [-0.3, -0.25) is 4.79 Å². The SMILES string of the molecule is CSc1ccc2c(CC(N)C(=O)O)c(C)n(C)c2c1. The van der Waals surface area contributed by atoms with Crippen LogP contribution in [-0.4, -0.2) is 27.9 Å². The molecule has 0 aliphatic rings. The number of hydrogen-bond acceptors (Lipinski definition) is 3. The maximum atomic E-state index is 10.9. The smallest absolute Gasteiger partial charge is 0.320 e. The fourth-order valence-electron chi connectivity index (χ4n) is 2.31. The molecule has 102 valence electrons. The number of aromatic nitrogens is 1. The summed E-state index contributed by atoms with van der Waals surface area (Å²) in [6.45, 7) is 2.00. The molecule has 19 heavy (non-hydrogen) atoms. The fraction of sp³-hybridized carbons (Fsp3) is 0.357. The lowest BCUT2D eigenvalue weighted by Gasteiger charge is -2.07. The van der Waals surface area contributed by atoms with E-state index in [-0.39, 0.29) is 0 Å². The number of nitrogens with two attached hydrogens (primary N) is 1. The van der Waals surface area contributed by atoms with Gasteiger partial charge in [-0.1, -0.05) is 6.07 Å². The summed E-state index contributed by atoms with van der Waals surface area (Å²) >= 11 is 1.69. The van der Waals surface area contributed by atoms with Crippen molar-refractivity contribution in [3.05, 3.63) is 29.5 Å². The quantitative estimate of drug-likeness (QED) is 0.841. The molecule has 2 rings (SSSR count). The van der Waals surface area contributed by atoms with E-state index in [1.807, 2.05) is 20.2 Å². The summed E-state index contributed by atoms with van der Waals surface area (Å²) in [5.41, 5.74) is 8.88. The second-order valence-electron chi connectivity index (χ2n) is 4.65. The van der Waals surface area contributed by atoms with Crippen LogP contribution in [0.5, 0.6) is 0 Å². The van der Waals surface area contributed by atoms with Crippen LogP contribution in [0.4, 0.5) is 0 Å². The molecule has 0 fully saturated rings. The van der Waals surface area contributed by atoms with Crippen LogP contribution in [0, 0.1) is 6.92 Å². The van der Waals surface area contributed by atoms with Crippen LogP contribution in [0.3, 0.4) is 0 Å². The van der Waals surface area contributed by atoms with Gasteiger partial charge in [-0.2, -0.15) is 0 Å². The monoisotopic (exact) mass is 278 g/mol. The second-order valence-corrected chi connectivity index (χ2v) is 5.53. The van der Waals surface area contributed by atoms with Crippen LogP contribution in [-0.2, 0) is 18.3 Å². The number of aliphatic carboxylic acids is 1. The molecule has 4 nitrogen and oxygen atoms in total. The third-order valence-corrected chi connectivity index (χ3v) is 4.30. The van der Waals surface area contributed by atoms with E-state index >= 15 is 0 Å². The molecule has 1 heterocycles. The van der Waals surface area contributed by atoms with Crippen LogP contribution < -0.4 is 5.73 Å². The van der Waals surface area contributed by atoms with Crippen molar-refractivity contribution in [3.63, 3.8) is 0 Å². The summed E-state index contributed by atoms with van der Waals surface area (Å²) in [7, 11) is 2.00. The number of thioether (sulfide) groups is 1. The van der Waals surface area contributed by atoms with Crippen LogP contribution in [0.15, 0.2) is 23.1 Å². The highest BCUT2D eigenvalue weighted by atomic mass is 32.2. The molecule has 0 bridgehead atoms. The van der Waals surface area contributed by atoms with Crippen molar-refractivity contribution in [2.24, 2.45) is 12.8 Å². The van der Waals surface area contributed by atoms with Crippen molar-refractivity contribution >= 4 is 28.6 Å². The maximum absolute atomic E-state index is 10.9. The van der Waals surface area contributed by atoms with Crippen molar-refractivity contribution in [2.45, 2.75) is 24.3 Å². The summed E-state index contributed by atoms with van der Waals surface area (Å²) in [4.78, 5) is 12.1. The zero-order valence-corrected chi connectivity index (χ0v) is 12.1. The highest BCUT2D eigenvalue weighted by molar-refractivity contribution is 7.98. The van der Waals surface area contributed by atoms with Gasteiger partial charge in [-0.05, 0) is 30.9 Å². The zero-order valence-electron chi connectivity index (χ0n) is 11.3. The minimum atomic E-state index is -0.961. The standard InChI is InChI=1S/C14H18N2O2S/c1-8-11(7-12(15)14(17)18)10-5-4-9(19-3)6-13(10)16(8)2/h4-6,12H,7,15H2,1-3H3,(H,17,18). The summed E-state index contributed by atoms with van der Waals surface area (Å²) in [6.07, 6.45) is 2.40. The zero-order chi connectivity index (χ0) is 14.2. The summed E-state index contributed by atoms with van der Waals surface area (Å²) < 4.78 is 2.10. The number of hydrogen-bond donors (Lipinski definition) is 2. The minimum Gasteiger partial charge on any atom is -0.480 e. The molecule has 1 aromatic carbocycles. The molecule has 0 aliphatic carbocycles. The molecule has 0 spiro atoms. The van der Waals surface area contributed by atoms with Crippen LogP contribution in [0.25, 0.3) is 10.9 Å². The molecule has 0 saturated carbocycles. The number of carbonyl (C=O) groups is 1. The molecule has 0 saturated heterocycles. The minimum absolute atomic E-state index is 0.358. The number of rotatable bonds is 4. The van der Waals surface area contributed by atoms with E-state index < -0.39 is 12.0 Å². The van der Waals surface area contributed by atoms with Crippen molar-refractivity contribution in [3.8, 4) is 0 Å². The topological polar surface area (TPSA) is 68.2 Å². The first kappa shape index (κ1) is 14.0. The fourth-order valence-corrected chi connectivity index (χ4v) is 2.75. The first-order valence-electron chi connectivity index (χ1n) is 6.06. The number of nitrogens with zero attached hydrogens (tertiary/aromatic N) is 1. The van der Waals surface area contributed by atoms with Gasteiger partial charge in [0, 0.05) is 35.0 Å². The van der Waals surface area contributed by atoms with Gasteiger partial charge in [0.15, 0.2) is 0 Å². The van der Waals surface area contributed by atoms with Crippen molar-refractivity contribution in [1.82, 2.24) is 4.57 Å². The highest BCUT2D eigenvalue weighted by Crippen LogP contribution is 2.29. The summed E-state index contributed by atoms with van der Waals surface area (Å²) in [5, 5.41) is 10.1. The Balaban J connectivity index is 2.55. The lowest BCUT2D eigenvalue weighted by Crippen LogP contribution is -2.32. The first-order chi connectivity index (χ1) is 8.95. The molecule has 0 amide bonds. The third-order valence-electron chi connectivity index (χ3n) is 3.57. The number of benzene rings is 1. The average Bonchev–Trinajstić information content (AvgIpc) is 2.63. The Kier molecular flexibility index (Phi) is 3.87. The molecule has 1 aromatic heterocycles. The Morgan fingerprint density at radius 2 is 2.21 bits per heavy atom. The molecule has 0 radical (unpaired) electrons. The lowest BCUT2D eigenvalue weighted by atomic mass is 10.0. The molecular weight excluding hydrogens is 260 g/mol. The van der Waals surface area contributed by atoms with Gasteiger partial charge in [0.25, 0.3) is 0 Å². The Bertz CT molecular complexity index is 634. The average molecular weight is 278 g/mol. The summed E-state index contributed by atoms with van der Waals surface area (Å²) in [5.74, 6) is -0.961. The lowest BCUT2D eigenvalue weighted by molar-refractivity contribution is -0.138. The number of carboxylic acids is 1. The number of carboxylic acid groups (broad SMARTS) is 1. The molecule has 1 unspecified atom stereocenters. The van der Waals surface area contributed by atoms with Crippen LogP contribution in [0.2, 0.25) is 0 Å². The molecule has 0 aliphatic heterocycles. The van der Waals surface area contributed by atoms with Gasteiger partial charge in [-0.25, -0.2) is 0 Å².